The molecule has 0 bridgehead atoms. The zero-order valence-electron chi connectivity index (χ0n) is 19.5. The lowest BCUT2D eigenvalue weighted by Crippen LogP contribution is -2.54. The predicted octanol–water partition coefficient (Wildman–Crippen LogP) is 4.99. The number of fused-ring (bicyclic) bond motifs is 1. The van der Waals surface area contributed by atoms with Crippen LogP contribution in [0.25, 0.3) is 6.08 Å². The molecule has 1 saturated heterocycles. The smallest absolute Gasteiger partial charge is 0.336 e. The number of amides is 4. The molecule has 2 aliphatic heterocycles. The summed E-state index contributed by atoms with van der Waals surface area (Å²) in [4.78, 5) is 41.0. The second kappa shape index (κ2) is 8.14. The van der Waals surface area contributed by atoms with E-state index in [1.807, 2.05) is 18.2 Å². The minimum atomic E-state index is -0.971. The van der Waals surface area contributed by atoms with Crippen LogP contribution in [-0.2, 0) is 9.59 Å². The minimum Gasteiger partial charge on any atom is -0.364 e. The Bertz CT molecular complexity index is 1190. The standard InChI is InChI=1S/C26H28FN3O3/c1-15(2)30-21-11-10-17(12-18(21)16(3)14-26(30,4)5)13-19-23(31)28-25(33)29(24(19)32)22-9-7-6-8-20(22)27/h6-13,15-16H,14H2,1-5H3,(H,28,31,33)/b19-13+. The number of anilines is 2. The number of rotatable bonds is 3. The maximum atomic E-state index is 14.3. The first-order valence-corrected chi connectivity index (χ1v) is 11.1. The van der Waals surface area contributed by atoms with Gasteiger partial charge in [0.1, 0.15) is 11.4 Å². The Hall–Kier alpha value is -3.48. The number of carbonyl (C=O) groups excluding carboxylic acids is 3. The van der Waals surface area contributed by atoms with Crippen LogP contribution in [0, 0.1) is 5.82 Å². The Morgan fingerprint density at radius 1 is 1.09 bits per heavy atom. The molecule has 1 atom stereocenters. The highest BCUT2D eigenvalue weighted by Crippen LogP contribution is 2.44. The van der Waals surface area contributed by atoms with E-state index in [2.05, 4.69) is 44.8 Å². The number of urea groups is 1. The summed E-state index contributed by atoms with van der Waals surface area (Å²) in [7, 11) is 0. The van der Waals surface area contributed by atoms with Gasteiger partial charge < -0.3 is 4.90 Å². The quantitative estimate of drug-likeness (QED) is 0.529. The van der Waals surface area contributed by atoms with Crippen LogP contribution < -0.4 is 15.1 Å². The highest BCUT2D eigenvalue weighted by Gasteiger charge is 2.39. The SMILES string of the molecule is CC1CC(C)(C)N(C(C)C)c2ccc(/C=C3\C(=O)NC(=O)N(c4ccccc4F)C3=O)cc21. The average Bonchev–Trinajstić information content (AvgIpc) is 2.71. The first-order chi connectivity index (χ1) is 15.5. The van der Waals surface area contributed by atoms with Crippen molar-refractivity contribution in [3.05, 3.63) is 65.0 Å². The number of hydrogen-bond donors (Lipinski definition) is 1. The van der Waals surface area contributed by atoms with E-state index in [0.29, 0.717) is 16.5 Å². The molecule has 6 nitrogen and oxygen atoms in total. The van der Waals surface area contributed by atoms with Crippen molar-refractivity contribution in [2.24, 2.45) is 0 Å². The fourth-order valence-electron chi connectivity index (χ4n) is 5.21. The molecule has 1 unspecified atom stereocenters. The largest absolute Gasteiger partial charge is 0.364 e. The van der Waals surface area contributed by atoms with Crippen LogP contribution in [0.1, 0.15) is 58.1 Å². The van der Waals surface area contributed by atoms with Crippen molar-refractivity contribution in [2.75, 3.05) is 9.80 Å². The Kier molecular flexibility index (Phi) is 5.60. The molecule has 2 aliphatic rings. The normalized spacial score (nSPS) is 21.5. The van der Waals surface area contributed by atoms with E-state index in [0.717, 1.165) is 23.7 Å². The summed E-state index contributed by atoms with van der Waals surface area (Å²) < 4.78 is 14.3. The number of para-hydroxylation sites is 1. The second-order valence-electron chi connectivity index (χ2n) is 9.61. The van der Waals surface area contributed by atoms with E-state index in [1.54, 1.807) is 0 Å². The van der Waals surface area contributed by atoms with Gasteiger partial charge in [0.15, 0.2) is 0 Å². The van der Waals surface area contributed by atoms with Crippen LogP contribution in [-0.4, -0.2) is 29.4 Å². The number of benzene rings is 2. The van der Waals surface area contributed by atoms with Crippen molar-refractivity contribution in [2.45, 2.75) is 58.5 Å². The fraction of sp³-hybridized carbons (Fsp3) is 0.346. The van der Waals surface area contributed by atoms with Gasteiger partial charge in [-0.3, -0.25) is 14.9 Å². The topological polar surface area (TPSA) is 69.7 Å². The third kappa shape index (κ3) is 3.92. The molecule has 2 aromatic rings. The Morgan fingerprint density at radius 3 is 2.45 bits per heavy atom. The number of imide groups is 2. The monoisotopic (exact) mass is 449 g/mol. The predicted molar refractivity (Wildman–Crippen MR) is 127 cm³/mol. The minimum absolute atomic E-state index is 0.000402. The van der Waals surface area contributed by atoms with Gasteiger partial charge in [-0.2, -0.15) is 0 Å². The molecular formula is C26H28FN3O3. The van der Waals surface area contributed by atoms with Gasteiger partial charge >= 0.3 is 6.03 Å². The first kappa shape index (κ1) is 22.7. The molecular weight excluding hydrogens is 421 g/mol. The van der Waals surface area contributed by atoms with Crippen molar-refractivity contribution < 1.29 is 18.8 Å². The highest BCUT2D eigenvalue weighted by atomic mass is 19.1. The number of halogens is 1. The molecule has 0 spiro atoms. The molecule has 4 amide bonds. The fourth-order valence-corrected chi connectivity index (χ4v) is 5.21. The van der Waals surface area contributed by atoms with Crippen LogP contribution in [0.5, 0.6) is 0 Å². The van der Waals surface area contributed by atoms with Gasteiger partial charge in [-0.15, -0.1) is 0 Å². The first-order valence-electron chi connectivity index (χ1n) is 11.1. The van der Waals surface area contributed by atoms with Gasteiger partial charge in [-0.25, -0.2) is 14.1 Å². The highest BCUT2D eigenvalue weighted by molar-refractivity contribution is 6.39. The van der Waals surface area contributed by atoms with Gasteiger partial charge in [0.2, 0.25) is 0 Å². The summed E-state index contributed by atoms with van der Waals surface area (Å²) in [6.07, 6.45) is 2.43. The Labute approximate surface area is 193 Å². The zero-order chi connectivity index (χ0) is 24.1. The van der Waals surface area contributed by atoms with Crippen molar-refractivity contribution in [3.8, 4) is 0 Å². The molecule has 33 heavy (non-hydrogen) atoms. The molecule has 4 rings (SSSR count). The second-order valence-corrected chi connectivity index (χ2v) is 9.61. The lowest BCUT2D eigenvalue weighted by molar-refractivity contribution is -0.122. The number of hydrogen-bond acceptors (Lipinski definition) is 4. The third-order valence-electron chi connectivity index (χ3n) is 6.32. The van der Waals surface area contributed by atoms with E-state index >= 15 is 0 Å². The van der Waals surface area contributed by atoms with Crippen LogP contribution in [0.4, 0.5) is 20.6 Å². The van der Waals surface area contributed by atoms with Gasteiger partial charge in [-0.05, 0) is 81.5 Å². The lowest BCUT2D eigenvalue weighted by Gasteiger charge is -2.50. The van der Waals surface area contributed by atoms with Crippen molar-refractivity contribution in [1.29, 1.82) is 0 Å². The summed E-state index contributed by atoms with van der Waals surface area (Å²) in [5.74, 6) is -2.10. The van der Waals surface area contributed by atoms with E-state index in [-0.39, 0.29) is 22.7 Å². The van der Waals surface area contributed by atoms with Crippen LogP contribution >= 0.6 is 0 Å². The Morgan fingerprint density at radius 2 is 1.79 bits per heavy atom. The van der Waals surface area contributed by atoms with Crippen LogP contribution in [0.3, 0.4) is 0 Å². The van der Waals surface area contributed by atoms with E-state index in [1.165, 1.54) is 24.3 Å². The molecule has 0 saturated carbocycles. The summed E-state index contributed by atoms with van der Waals surface area (Å²) in [6, 6.07) is 10.7. The maximum Gasteiger partial charge on any atom is 0.336 e. The molecule has 1 N–H and O–H groups in total. The molecule has 1 fully saturated rings. The zero-order valence-corrected chi connectivity index (χ0v) is 19.5. The van der Waals surface area contributed by atoms with Crippen LogP contribution in [0.15, 0.2) is 48.0 Å². The van der Waals surface area contributed by atoms with Gasteiger partial charge in [0, 0.05) is 17.3 Å². The number of barbiturate groups is 1. The number of nitrogens with one attached hydrogen (secondary N) is 1. The van der Waals surface area contributed by atoms with Crippen LogP contribution in [0.2, 0.25) is 0 Å². The number of carbonyl (C=O) groups is 3. The maximum absolute atomic E-state index is 14.3. The molecule has 7 heteroatoms. The molecule has 2 heterocycles. The third-order valence-corrected chi connectivity index (χ3v) is 6.32. The Balaban J connectivity index is 1.75. The molecule has 0 aliphatic carbocycles. The van der Waals surface area contributed by atoms with Gasteiger partial charge in [-0.1, -0.05) is 25.1 Å². The summed E-state index contributed by atoms with van der Waals surface area (Å²) >= 11 is 0. The van der Waals surface area contributed by atoms with E-state index in [9.17, 15) is 18.8 Å². The molecule has 0 aromatic heterocycles. The average molecular weight is 450 g/mol. The van der Waals surface area contributed by atoms with Gasteiger partial charge in [0.25, 0.3) is 11.8 Å². The molecule has 0 radical (unpaired) electrons. The summed E-state index contributed by atoms with van der Waals surface area (Å²) in [5.41, 5.74) is 2.53. The van der Waals surface area contributed by atoms with E-state index < -0.39 is 23.7 Å². The number of nitrogens with zero attached hydrogens (tertiary/aromatic N) is 2. The lowest BCUT2D eigenvalue weighted by atomic mass is 9.78. The van der Waals surface area contributed by atoms with Crippen molar-refractivity contribution in [3.63, 3.8) is 0 Å². The van der Waals surface area contributed by atoms with Gasteiger partial charge in [0.05, 0.1) is 5.69 Å². The summed E-state index contributed by atoms with van der Waals surface area (Å²) in [5, 5.41) is 2.14. The van der Waals surface area contributed by atoms with Crippen molar-refractivity contribution in [1.82, 2.24) is 5.32 Å². The van der Waals surface area contributed by atoms with E-state index in [4.69, 9.17) is 0 Å². The molecule has 2 aromatic carbocycles. The molecule has 172 valence electrons. The van der Waals surface area contributed by atoms with Crippen molar-refractivity contribution >= 4 is 35.3 Å². The summed E-state index contributed by atoms with van der Waals surface area (Å²) in [6.45, 7) is 11.0.